The molecule has 21 heavy (non-hydrogen) atoms. The topological polar surface area (TPSA) is 83.7 Å². The largest absolute Gasteiger partial charge is 0.396 e. The Hall–Kier alpha value is -1.95. The van der Waals surface area contributed by atoms with E-state index in [0.717, 1.165) is 19.3 Å². The van der Waals surface area contributed by atoms with E-state index in [2.05, 4.69) is 0 Å². The van der Waals surface area contributed by atoms with Crippen molar-refractivity contribution in [1.29, 1.82) is 0 Å². The van der Waals surface area contributed by atoms with Crippen molar-refractivity contribution in [2.24, 2.45) is 0 Å². The molecular weight excluding hydrogens is 272 g/mol. The number of likely N-dealkylation sites (tertiary alicyclic amines) is 1. The Kier molecular flexibility index (Phi) is 4.90. The first-order valence-electron chi connectivity index (χ1n) is 7.22. The molecule has 1 saturated heterocycles. The van der Waals surface area contributed by atoms with Gasteiger partial charge in [0, 0.05) is 25.3 Å². The summed E-state index contributed by atoms with van der Waals surface area (Å²) in [7, 11) is 0. The Bertz CT molecular complexity index is 544. The number of hydrogen-bond donors (Lipinski definition) is 1. The number of amides is 1. The van der Waals surface area contributed by atoms with Crippen LogP contribution in [-0.2, 0) is 0 Å². The molecule has 6 heteroatoms. The van der Waals surface area contributed by atoms with Gasteiger partial charge in [-0.3, -0.25) is 14.9 Å². The third-order valence-corrected chi connectivity index (χ3v) is 3.99. The summed E-state index contributed by atoms with van der Waals surface area (Å²) < 4.78 is 0. The predicted molar refractivity (Wildman–Crippen MR) is 78.2 cm³/mol. The minimum absolute atomic E-state index is 0.0730. The molecule has 1 fully saturated rings. The van der Waals surface area contributed by atoms with Crippen molar-refractivity contribution < 1.29 is 14.8 Å². The Morgan fingerprint density at radius 3 is 2.95 bits per heavy atom. The van der Waals surface area contributed by atoms with Crippen molar-refractivity contribution in [2.75, 3.05) is 13.2 Å². The second-order valence-corrected chi connectivity index (χ2v) is 5.39. The summed E-state index contributed by atoms with van der Waals surface area (Å²) >= 11 is 0. The van der Waals surface area contributed by atoms with Crippen molar-refractivity contribution in [3.8, 4) is 0 Å². The van der Waals surface area contributed by atoms with Gasteiger partial charge in [-0.1, -0.05) is 12.1 Å². The van der Waals surface area contributed by atoms with Crippen LogP contribution in [0.25, 0.3) is 0 Å². The Labute approximate surface area is 123 Å². The van der Waals surface area contributed by atoms with Crippen LogP contribution in [0.1, 0.15) is 41.6 Å². The molecular formula is C15H20N2O4. The normalized spacial score (nSPS) is 18.0. The van der Waals surface area contributed by atoms with E-state index in [1.807, 2.05) is 0 Å². The summed E-state index contributed by atoms with van der Waals surface area (Å²) in [4.78, 5) is 25.1. The highest BCUT2D eigenvalue weighted by molar-refractivity contribution is 5.99. The van der Waals surface area contributed by atoms with Gasteiger partial charge in [-0.15, -0.1) is 0 Å². The molecule has 1 aromatic carbocycles. The van der Waals surface area contributed by atoms with Gasteiger partial charge in [0.15, 0.2) is 0 Å². The Balaban J connectivity index is 2.29. The minimum Gasteiger partial charge on any atom is -0.396 e. The molecule has 6 nitrogen and oxygen atoms in total. The monoisotopic (exact) mass is 292 g/mol. The smallest absolute Gasteiger partial charge is 0.282 e. The van der Waals surface area contributed by atoms with Crippen LogP contribution >= 0.6 is 0 Å². The zero-order valence-corrected chi connectivity index (χ0v) is 12.1. The number of nitro groups is 1. The van der Waals surface area contributed by atoms with Crippen LogP contribution in [0.4, 0.5) is 5.69 Å². The van der Waals surface area contributed by atoms with Crippen molar-refractivity contribution in [2.45, 2.75) is 38.6 Å². The van der Waals surface area contributed by atoms with Gasteiger partial charge >= 0.3 is 0 Å². The Morgan fingerprint density at radius 2 is 2.29 bits per heavy atom. The number of nitrogens with zero attached hydrogens (tertiary/aromatic N) is 2. The standard InChI is InChI=1S/C15H20N2O4/c1-11-5-2-8-13(17(20)21)14(11)15(19)16-9-3-6-12(16)7-4-10-18/h2,5,8,12,18H,3-4,6-7,9-10H2,1H3. The highest BCUT2D eigenvalue weighted by Crippen LogP contribution is 2.28. The zero-order valence-electron chi connectivity index (χ0n) is 12.1. The second kappa shape index (κ2) is 6.67. The third-order valence-electron chi connectivity index (χ3n) is 3.99. The van der Waals surface area contributed by atoms with E-state index in [0.29, 0.717) is 18.5 Å². The molecule has 1 N–H and O–H groups in total. The van der Waals surface area contributed by atoms with E-state index >= 15 is 0 Å². The van der Waals surface area contributed by atoms with E-state index < -0.39 is 4.92 Å². The fraction of sp³-hybridized carbons (Fsp3) is 0.533. The molecule has 1 atom stereocenters. The van der Waals surface area contributed by atoms with Gasteiger partial charge in [-0.25, -0.2) is 0 Å². The number of rotatable bonds is 5. The summed E-state index contributed by atoms with van der Waals surface area (Å²) in [5, 5.41) is 20.1. The number of aliphatic hydroxyl groups excluding tert-OH is 1. The van der Waals surface area contributed by atoms with E-state index in [1.165, 1.54) is 6.07 Å². The van der Waals surface area contributed by atoms with E-state index in [1.54, 1.807) is 24.0 Å². The first kappa shape index (κ1) is 15.4. The Morgan fingerprint density at radius 1 is 1.52 bits per heavy atom. The summed E-state index contributed by atoms with van der Waals surface area (Å²) in [5.41, 5.74) is 0.688. The molecule has 0 bridgehead atoms. The van der Waals surface area contributed by atoms with Crippen molar-refractivity contribution >= 4 is 11.6 Å². The first-order chi connectivity index (χ1) is 10.1. The molecule has 0 spiro atoms. The molecule has 1 amide bonds. The van der Waals surface area contributed by atoms with Crippen LogP contribution in [0.2, 0.25) is 0 Å². The first-order valence-corrected chi connectivity index (χ1v) is 7.22. The lowest BCUT2D eigenvalue weighted by molar-refractivity contribution is -0.385. The van der Waals surface area contributed by atoms with Crippen LogP contribution in [0.5, 0.6) is 0 Å². The average molecular weight is 292 g/mol. The fourth-order valence-electron chi connectivity index (χ4n) is 2.96. The van der Waals surface area contributed by atoms with Crippen LogP contribution in [-0.4, -0.2) is 40.0 Å². The number of aryl methyl sites for hydroxylation is 1. The summed E-state index contributed by atoms with van der Waals surface area (Å²) in [6.45, 7) is 2.45. The molecule has 0 radical (unpaired) electrons. The minimum atomic E-state index is -0.501. The number of benzene rings is 1. The lowest BCUT2D eigenvalue weighted by atomic mass is 10.0. The molecule has 1 aliphatic heterocycles. The van der Waals surface area contributed by atoms with Gasteiger partial charge in [0.25, 0.3) is 11.6 Å². The van der Waals surface area contributed by atoms with Crippen LogP contribution in [0.15, 0.2) is 18.2 Å². The van der Waals surface area contributed by atoms with E-state index in [9.17, 15) is 14.9 Å². The lowest BCUT2D eigenvalue weighted by Crippen LogP contribution is -2.36. The van der Waals surface area contributed by atoms with Crippen LogP contribution in [0.3, 0.4) is 0 Å². The van der Waals surface area contributed by atoms with Crippen molar-refractivity contribution in [3.05, 3.63) is 39.4 Å². The molecule has 0 saturated carbocycles. The maximum absolute atomic E-state index is 12.7. The highest BCUT2D eigenvalue weighted by Gasteiger charge is 2.33. The van der Waals surface area contributed by atoms with Gasteiger partial charge < -0.3 is 10.0 Å². The zero-order chi connectivity index (χ0) is 15.4. The molecule has 1 aliphatic rings. The SMILES string of the molecule is Cc1cccc([N+](=O)[O-])c1C(=O)N1CCCC1CCCO. The van der Waals surface area contributed by atoms with Gasteiger partial charge in [-0.2, -0.15) is 0 Å². The molecule has 2 rings (SSSR count). The second-order valence-electron chi connectivity index (χ2n) is 5.39. The summed E-state index contributed by atoms with van der Waals surface area (Å²) in [5.74, 6) is -0.264. The van der Waals surface area contributed by atoms with Crippen LogP contribution < -0.4 is 0 Å². The van der Waals surface area contributed by atoms with Gasteiger partial charge in [0.2, 0.25) is 0 Å². The van der Waals surface area contributed by atoms with Gasteiger partial charge in [-0.05, 0) is 38.2 Å². The number of hydrogen-bond acceptors (Lipinski definition) is 4. The predicted octanol–water partition coefficient (Wildman–Crippen LogP) is 2.28. The average Bonchev–Trinajstić information content (AvgIpc) is 2.92. The molecule has 114 valence electrons. The maximum atomic E-state index is 12.7. The number of carbonyl (C=O) groups is 1. The molecule has 0 aliphatic carbocycles. The third kappa shape index (κ3) is 3.21. The van der Waals surface area contributed by atoms with Crippen LogP contribution in [0, 0.1) is 17.0 Å². The van der Waals surface area contributed by atoms with E-state index in [-0.39, 0.29) is 29.8 Å². The molecule has 1 heterocycles. The van der Waals surface area contributed by atoms with Gasteiger partial charge in [0.05, 0.1) is 4.92 Å². The van der Waals surface area contributed by atoms with Crippen molar-refractivity contribution in [3.63, 3.8) is 0 Å². The number of aliphatic hydroxyl groups is 1. The maximum Gasteiger partial charge on any atom is 0.282 e. The van der Waals surface area contributed by atoms with E-state index in [4.69, 9.17) is 5.11 Å². The summed E-state index contributed by atoms with van der Waals surface area (Å²) in [6.07, 6.45) is 3.18. The number of carbonyl (C=O) groups excluding carboxylic acids is 1. The fourth-order valence-corrected chi connectivity index (χ4v) is 2.96. The summed E-state index contributed by atoms with van der Waals surface area (Å²) in [6, 6.07) is 4.76. The van der Waals surface area contributed by atoms with Gasteiger partial charge in [0.1, 0.15) is 5.56 Å². The molecule has 1 aromatic rings. The molecule has 1 unspecified atom stereocenters. The van der Waals surface area contributed by atoms with Crippen molar-refractivity contribution in [1.82, 2.24) is 4.90 Å². The number of nitro benzene ring substituents is 1. The lowest BCUT2D eigenvalue weighted by Gasteiger charge is -2.25. The molecule has 0 aromatic heterocycles. The quantitative estimate of drug-likeness (QED) is 0.666. The highest BCUT2D eigenvalue weighted by atomic mass is 16.6.